The first-order valence-electron chi connectivity index (χ1n) is 16.6. The van der Waals surface area contributed by atoms with Crippen molar-refractivity contribution in [3.63, 3.8) is 0 Å². The number of benzene rings is 2. The Balaban J connectivity index is 1.86. The monoisotopic (exact) mass is 692 g/mol. The Morgan fingerprint density at radius 3 is 1.28 bits per heavy atom. The van der Waals surface area contributed by atoms with Crippen molar-refractivity contribution >= 4 is 42.5 Å². The summed E-state index contributed by atoms with van der Waals surface area (Å²) < 4.78 is 0. The molecule has 0 saturated heterocycles. The van der Waals surface area contributed by atoms with Gasteiger partial charge < -0.3 is 0 Å². The van der Waals surface area contributed by atoms with Crippen LogP contribution in [0.25, 0.3) is 0 Å². The zero-order valence-corrected chi connectivity index (χ0v) is 34.5. The van der Waals surface area contributed by atoms with Gasteiger partial charge in [0.2, 0.25) is 0 Å². The predicted molar refractivity (Wildman–Crippen MR) is 197 cm³/mol. The number of phenolic OH excluding ortho intramolecular Hbond substituents is 2. The summed E-state index contributed by atoms with van der Waals surface area (Å²) in [6, 6.07) is 9.43. The minimum absolute atomic E-state index is 0.0721. The molecule has 0 spiro atoms. The van der Waals surface area contributed by atoms with Gasteiger partial charge in [0.1, 0.15) is 0 Å². The molecule has 1 saturated carbocycles. The average Bonchev–Trinajstić information content (AvgIpc) is 3.12. The van der Waals surface area contributed by atoms with E-state index in [1.807, 2.05) is 0 Å². The molecule has 2 aromatic carbocycles. The Morgan fingerprint density at radius 1 is 0.628 bits per heavy atom. The number of fused-ring (bicyclic) bond motifs is 1. The van der Waals surface area contributed by atoms with Crippen LogP contribution in [0.4, 0.5) is 0 Å². The van der Waals surface area contributed by atoms with Crippen molar-refractivity contribution in [1.82, 2.24) is 0 Å². The molecule has 2 aromatic rings. The van der Waals surface area contributed by atoms with Crippen LogP contribution in [0.2, 0.25) is 39.3 Å². The number of hydrogen-bond donors (Lipinski definition) is 2. The van der Waals surface area contributed by atoms with E-state index in [1.54, 1.807) is 0 Å². The fraction of sp³-hybridized carbons (Fsp3) is 0.667. The van der Waals surface area contributed by atoms with Crippen LogP contribution >= 0.6 is 15.9 Å². The number of rotatable bonds is 6. The quantitative estimate of drug-likeness (QED) is 0.296. The zero-order valence-electron chi connectivity index (χ0n) is 29.3. The summed E-state index contributed by atoms with van der Waals surface area (Å²) in [5.41, 5.74) is 5.39. The van der Waals surface area contributed by atoms with Crippen molar-refractivity contribution in [2.24, 2.45) is 0 Å². The average molecular weight is 693 g/mol. The Labute approximate surface area is 276 Å². The van der Waals surface area contributed by atoms with Gasteiger partial charge in [-0.15, -0.1) is 0 Å². The van der Waals surface area contributed by atoms with Crippen LogP contribution in [0, 0.1) is 0 Å². The van der Waals surface area contributed by atoms with Crippen LogP contribution in [-0.4, -0.2) is 36.9 Å². The molecule has 0 bridgehead atoms. The Kier molecular flexibility index (Phi) is 11.0. The molecule has 4 atom stereocenters. The Morgan fingerprint density at radius 2 is 0.977 bits per heavy atom. The van der Waals surface area contributed by atoms with Crippen LogP contribution in [0.5, 0.6) is 11.5 Å². The molecule has 2 unspecified atom stereocenters. The summed E-state index contributed by atoms with van der Waals surface area (Å²) in [7, 11) is -2.65. The molecule has 0 radical (unpaired) electrons. The summed E-state index contributed by atoms with van der Waals surface area (Å²) in [4.78, 5) is 0. The predicted octanol–water partition coefficient (Wildman–Crippen LogP) is 10.0. The molecule has 43 heavy (non-hydrogen) atoms. The first kappa shape index (κ1) is 35.7. The van der Waals surface area contributed by atoms with Crippen molar-refractivity contribution in [3.8, 4) is 11.5 Å². The van der Waals surface area contributed by atoms with E-state index in [0.29, 0.717) is 27.4 Å². The third-order valence-corrected chi connectivity index (χ3v) is 29.4. The zero-order chi connectivity index (χ0) is 32.1. The summed E-state index contributed by atoms with van der Waals surface area (Å²) in [6.45, 7) is 28.1. The maximum atomic E-state index is 11.7. The minimum atomic E-state index is -1.70. The molecule has 2 N–H and O–H groups in total. The van der Waals surface area contributed by atoms with E-state index in [1.165, 1.54) is 71.2 Å². The van der Waals surface area contributed by atoms with Crippen molar-refractivity contribution < 1.29 is 25.7 Å². The van der Waals surface area contributed by atoms with E-state index in [2.05, 4.69) is 105 Å². The van der Waals surface area contributed by atoms with Crippen molar-refractivity contribution in [3.05, 3.63) is 46.5 Å². The van der Waals surface area contributed by atoms with Crippen LogP contribution in [-0.2, 0) is 37.8 Å². The van der Waals surface area contributed by atoms with Crippen LogP contribution < -0.4 is 10.4 Å². The molecule has 1 aliphatic heterocycles. The SMILES string of the molecule is CC(C)(C)c1cc(C[S]2=[Ti]=[S](Cc3cc(C(C)(C)C)cc([Si](C)(C)C)c3O)[C@H]3CCCCCC[C@@H]32)c(O)c([Si](C)(C)C)c1. The molecule has 1 heterocycles. The van der Waals surface area contributed by atoms with Gasteiger partial charge in [-0.05, 0) is 0 Å². The molecule has 0 aromatic heterocycles. The molecular weight excluding hydrogens is 633 g/mol. The second-order valence-electron chi connectivity index (χ2n) is 17.4. The van der Waals surface area contributed by atoms with Gasteiger partial charge in [0.25, 0.3) is 0 Å². The van der Waals surface area contributed by atoms with Crippen molar-refractivity contribution in [2.45, 2.75) is 152 Å². The maximum absolute atomic E-state index is 11.7. The number of hydrogen-bond acceptors (Lipinski definition) is 2. The molecule has 4 rings (SSSR count). The van der Waals surface area contributed by atoms with E-state index in [-0.39, 0.29) is 26.3 Å². The fourth-order valence-corrected chi connectivity index (χ4v) is 30.3. The molecule has 1 fully saturated rings. The van der Waals surface area contributed by atoms with Gasteiger partial charge in [0, 0.05) is 0 Å². The van der Waals surface area contributed by atoms with E-state index in [9.17, 15) is 10.2 Å². The second kappa shape index (κ2) is 13.2. The Hall–Kier alpha value is -0.112. The molecule has 7 heteroatoms. The molecular formula is C36H60O2S2Si2Ti. The van der Waals surface area contributed by atoms with Gasteiger partial charge in [-0.25, -0.2) is 0 Å². The topological polar surface area (TPSA) is 40.5 Å². The van der Waals surface area contributed by atoms with Crippen LogP contribution in [0.3, 0.4) is 0 Å². The van der Waals surface area contributed by atoms with E-state index < -0.39 is 16.1 Å². The number of aromatic hydroxyl groups is 2. The normalized spacial score (nSPS) is 23.6. The molecule has 2 aliphatic rings. The van der Waals surface area contributed by atoms with Gasteiger partial charge in [0.15, 0.2) is 0 Å². The molecule has 0 amide bonds. The number of phenols is 2. The molecule has 2 nitrogen and oxygen atoms in total. The Bertz CT molecular complexity index is 1330. The van der Waals surface area contributed by atoms with Gasteiger partial charge in [-0.1, -0.05) is 0 Å². The summed E-state index contributed by atoms with van der Waals surface area (Å²) in [5.74, 6) is 3.39. The fourth-order valence-electron chi connectivity index (χ4n) is 6.56. The summed E-state index contributed by atoms with van der Waals surface area (Å²) in [5, 5.41) is 27.6. The van der Waals surface area contributed by atoms with E-state index in [0.717, 1.165) is 22.0 Å². The molecule has 1 aliphatic carbocycles. The van der Waals surface area contributed by atoms with Gasteiger partial charge >= 0.3 is 278 Å². The van der Waals surface area contributed by atoms with E-state index >= 15 is 0 Å². The van der Waals surface area contributed by atoms with Gasteiger partial charge in [-0.3, -0.25) is 0 Å². The third kappa shape index (κ3) is 8.44. The first-order valence-corrected chi connectivity index (χ1v) is 30.3. The van der Waals surface area contributed by atoms with Crippen LogP contribution in [0.15, 0.2) is 24.3 Å². The standard InChI is InChI=1S/C36H60O2S2Si2.Ti/c1-35(2,3)27-19-25(33(37)31(21-27)41(7,8)9)23-39-29-17-15-13-14-16-18-30(29)40-24-26-20-28(36(4,5)6)22-32(34(26)38)42(10,11)12;/h19-22,29-30,37-38H,13-18,23-24H2,1-12H3;/t29-,30-;/m0./s1. The second-order valence-corrected chi connectivity index (χ2v) is 38.9. The van der Waals surface area contributed by atoms with Crippen molar-refractivity contribution in [2.75, 3.05) is 0 Å². The van der Waals surface area contributed by atoms with Crippen LogP contribution in [0.1, 0.15) is 102 Å². The van der Waals surface area contributed by atoms with Crippen molar-refractivity contribution in [1.29, 1.82) is 0 Å². The third-order valence-electron chi connectivity index (χ3n) is 9.43. The summed E-state index contributed by atoms with van der Waals surface area (Å²) >= 11 is -0.221. The first-order chi connectivity index (χ1) is 19.7. The van der Waals surface area contributed by atoms with E-state index in [4.69, 9.17) is 0 Å². The van der Waals surface area contributed by atoms with Gasteiger partial charge in [-0.2, -0.15) is 0 Å². The van der Waals surface area contributed by atoms with Gasteiger partial charge in [0.05, 0.1) is 0 Å². The molecule has 240 valence electrons. The summed E-state index contributed by atoms with van der Waals surface area (Å²) in [6.07, 6.45) is 8.24.